The number of aromatic nitrogens is 2. The third-order valence-corrected chi connectivity index (χ3v) is 6.69. The van der Waals surface area contributed by atoms with Gasteiger partial charge >= 0.3 is 0 Å². The van der Waals surface area contributed by atoms with Crippen LogP contribution >= 0.6 is 11.3 Å². The third-order valence-electron chi connectivity index (χ3n) is 5.84. The van der Waals surface area contributed by atoms with Gasteiger partial charge in [-0.15, -0.1) is 11.3 Å². The number of nitrogens with zero attached hydrogens (tertiary/aromatic N) is 3. The van der Waals surface area contributed by atoms with Crippen LogP contribution in [-0.2, 0) is 17.8 Å². The Labute approximate surface area is 190 Å². The average Bonchev–Trinajstić information content (AvgIpc) is 3.50. The molecule has 2 atom stereocenters. The predicted molar refractivity (Wildman–Crippen MR) is 120 cm³/mol. The summed E-state index contributed by atoms with van der Waals surface area (Å²) in [5.41, 5.74) is 2.95. The minimum atomic E-state index is -0.283. The molecule has 4 rings (SSSR count). The summed E-state index contributed by atoms with van der Waals surface area (Å²) in [4.78, 5) is 35.7. The lowest BCUT2D eigenvalue weighted by Crippen LogP contribution is -2.51. The highest BCUT2D eigenvalue weighted by Crippen LogP contribution is 2.26. The summed E-state index contributed by atoms with van der Waals surface area (Å²) in [5.74, 6) is -0.397. The molecule has 2 amide bonds. The zero-order valence-corrected chi connectivity index (χ0v) is 18.7. The van der Waals surface area contributed by atoms with Gasteiger partial charge in [-0.05, 0) is 31.7 Å². The molecule has 0 aliphatic carbocycles. The number of piperidine rings is 1. The van der Waals surface area contributed by atoms with Gasteiger partial charge in [-0.25, -0.2) is 9.97 Å². The van der Waals surface area contributed by atoms with Gasteiger partial charge in [0.2, 0.25) is 11.7 Å². The number of benzene rings is 1. The summed E-state index contributed by atoms with van der Waals surface area (Å²) < 4.78 is 5.13. The van der Waals surface area contributed by atoms with Crippen molar-refractivity contribution in [3.63, 3.8) is 0 Å². The molecular formula is C23H26N4O4S. The van der Waals surface area contributed by atoms with Crippen molar-refractivity contribution in [3.05, 3.63) is 58.6 Å². The van der Waals surface area contributed by atoms with Gasteiger partial charge in [0.25, 0.3) is 5.91 Å². The van der Waals surface area contributed by atoms with E-state index in [1.54, 1.807) is 4.90 Å². The summed E-state index contributed by atoms with van der Waals surface area (Å²) in [6.07, 6.45) is 4.76. The first-order valence-electron chi connectivity index (χ1n) is 10.7. The number of hydrogen-bond acceptors (Lipinski definition) is 7. The SMILES string of the molecule is CC1C(C(=O)NCc2nc(-c3ccc(CCO)cc3)cs2)CCCN1C(=O)c1cnco1. The zero-order valence-electron chi connectivity index (χ0n) is 17.9. The molecule has 3 aromatic rings. The molecule has 9 heteroatoms. The van der Waals surface area contributed by atoms with Crippen molar-refractivity contribution in [2.24, 2.45) is 5.92 Å². The van der Waals surface area contributed by atoms with E-state index in [0.29, 0.717) is 19.5 Å². The van der Waals surface area contributed by atoms with Crippen molar-refractivity contribution in [2.75, 3.05) is 13.2 Å². The number of thiazole rings is 1. The molecule has 1 saturated heterocycles. The van der Waals surface area contributed by atoms with Crippen LogP contribution < -0.4 is 5.32 Å². The van der Waals surface area contributed by atoms with Gasteiger partial charge in [0, 0.05) is 30.1 Å². The summed E-state index contributed by atoms with van der Waals surface area (Å²) in [6.45, 7) is 2.98. The number of aliphatic hydroxyl groups excluding tert-OH is 1. The van der Waals surface area contributed by atoms with E-state index in [2.05, 4.69) is 15.3 Å². The molecule has 0 bridgehead atoms. The number of aliphatic hydroxyl groups is 1. The standard InChI is InChI=1S/C23H26N4O4S/c1-15-18(3-2-9-27(15)23(30)20-11-24-14-31-20)22(29)25-12-21-26-19(13-32-21)17-6-4-16(5-7-17)8-10-28/h4-7,11,13-15,18,28H,2-3,8-10,12H2,1H3,(H,25,29). The molecule has 0 radical (unpaired) electrons. The van der Waals surface area contributed by atoms with Crippen LogP contribution in [0.2, 0.25) is 0 Å². The maximum Gasteiger partial charge on any atom is 0.291 e. The van der Waals surface area contributed by atoms with E-state index in [1.807, 2.05) is 36.6 Å². The Morgan fingerprint density at radius 2 is 2.12 bits per heavy atom. The molecule has 2 unspecified atom stereocenters. The van der Waals surface area contributed by atoms with E-state index in [1.165, 1.54) is 23.9 Å². The molecule has 0 spiro atoms. The summed E-state index contributed by atoms with van der Waals surface area (Å²) in [5, 5.41) is 14.8. The van der Waals surface area contributed by atoms with Gasteiger partial charge in [0.15, 0.2) is 6.39 Å². The Bertz CT molecular complexity index is 1050. The lowest BCUT2D eigenvalue weighted by molar-refractivity contribution is -0.128. The van der Waals surface area contributed by atoms with Crippen LogP contribution in [0.5, 0.6) is 0 Å². The van der Waals surface area contributed by atoms with E-state index in [4.69, 9.17) is 9.52 Å². The van der Waals surface area contributed by atoms with Crippen LogP contribution in [0.25, 0.3) is 11.3 Å². The topological polar surface area (TPSA) is 109 Å². The van der Waals surface area contributed by atoms with E-state index >= 15 is 0 Å². The monoisotopic (exact) mass is 454 g/mol. The second kappa shape index (κ2) is 10.1. The molecule has 1 aliphatic rings. The minimum absolute atomic E-state index is 0.0716. The Morgan fingerprint density at radius 3 is 2.84 bits per heavy atom. The van der Waals surface area contributed by atoms with E-state index in [9.17, 15) is 9.59 Å². The van der Waals surface area contributed by atoms with Crippen molar-refractivity contribution in [3.8, 4) is 11.3 Å². The second-order valence-corrected chi connectivity index (χ2v) is 8.81. The third kappa shape index (κ3) is 4.89. The largest absolute Gasteiger partial charge is 0.438 e. The van der Waals surface area contributed by atoms with Crippen LogP contribution in [-0.4, -0.2) is 51.0 Å². The number of likely N-dealkylation sites (tertiary alicyclic amines) is 1. The number of amides is 2. The maximum atomic E-state index is 12.9. The number of oxazole rings is 1. The first kappa shape index (κ1) is 22.2. The Balaban J connectivity index is 1.35. The van der Waals surface area contributed by atoms with Gasteiger partial charge < -0.3 is 19.7 Å². The Hall–Kier alpha value is -3.04. The van der Waals surface area contributed by atoms with Gasteiger partial charge in [-0.2, -0.15) is 0 Å². The summed E-state index contributed by atoms with van der Waals surface area (Å²) in [6, 6.07) is 7.73. The fraction of sp³-hybridized carbons (Fsp3) is 0.391. The Kier molecular flexibility index (Phi) is 6.96. The van der Waals surface area contributed by atoms with Crippen molar-refractivity contribution in [1.82, 2.24) is 20.2 Å². The van der Waals surface area contributed by atoms with Gasteiger partial charge in [-0.1, -0.05) is 24.3 Å². The maximum absolute atomic E-state index is 12.9. The lowest BCUT2D eigenvalue weighted by atomic mass is 9.89. The van der Waals surface area contributed by atoms with E-state index < -0.39 is 0 Å². The minimum Gasteiger partial charge on any atom is -0.438 e. The van der Waals surface area contributed by atoms with Crippen molar-refractivity contribution in [2.45, 2.75) is 38.8 Å². The highest BCUT2D eigenvalue weighted by atomic mass is 32.1. The molecule has 8 nitrogen and oxygen atoms in total. The predicted octanol–water partition coefficient (Wildman–Crippen LogP) is 2.89. The number of nitrogens with one attached hydrogen (secondary N) is 1. The van der Waals surface area contributed by atoms with Crippen LogP contribution in [0.15, 0.2) is 46.7 Å². The van der Waals surface area contributed by atoms with Crippen molar-refractivity contribution >= 4 is 23.2 Å². The summed E-state index contributed by atoms with van der Waals surface area (Å²) >= 11 is 1.50. The quantitative estimate of drug-likeness (QED) is 0.568. The van der Waals surface area contributed by atoms with Crippen LogP contribution in [0.4, 0.5) is 0 Å². The fourth-order valence-electron chi connectivity index (χ4n) is 4.03. The highest BCUT2D eigenvalue weighted by Gasteiger charge is 2.36. The molecular weight excluding hydrogens is 428 g/mol. The Morgan fingerprint density at radius 1 is 1.31 bits per heavy atom. The number of carbonyl (C=O) groups excluding carboxylic acids is 2. The molecule has 3 heterocycles. The first-order chi connectivity index (χ1) is 15.6. The average molecular weight is 455 g/mol. The van der Waals surface area contributed by atoms with Crippen molar-refractivity contribution < 1.29 is 19.1 Å². The summed E-state index contributed by atoms with van der Waals surface area (Å²) in [7, 11) is 0. The van der Waals surface area contributed by atoms with Gasteiger partial charge in [0.05, 0.1) is 24.4 Å². The molecule has 1 aliphatic heterocycles. The molecule has 1 aromatic carbocycles. The molecule has 32 heavy (non-hydrogen) atoms. The smallest absolute Gasteiger partial charge is 0.291 e. The van der Waals surface area contributed by atoms with E-state index in [-0.39, 0.29) is 36.1 Å². The fourth-order valence-corrected chi connectivity index (χ4v) is 4.78. The van der Waals surface area contributed by atoms with Gasteiger partial charge in [-0.3, -0.25) is 9.59 Å². The molecule has 2 N–H and O–H groups in total. The van der Waals surface area contributed by atoms with E-state index in [0.717, 1.165) is 34.7 Å². The molecule has 1 fully saturated rings. The van der Waals surface area contributed by atoms with Crippen LogP contribution in [0, 0.1) is 5.92 Å². The zero-order chi connectivity index (χ0) is 22.5. The molecule has 2 aromatic heterocycles. The van der Waals surface area contributed by atoms with Crippen LogP contribution in [0.3, 0.4) is 0 Å². The highest BCUT2D eigenvalue weighted by molar-refractivity contribution is 7.09. The van der Waals surface area contributed by atoms with Crippen molar-refractivity contribution in [1.29, 1.82) is 0 Å². The normalized spacial score (nSPS) is 18.5. The second-order valence-electron chi connectivity index (χ2n) is 7.87. The molecule has 0 saturated carbocycles. The first-order valence-corrected chi connectivity index (χ1v) is 11.6. The van der Waals surface area contributed by atoms with Gasteiger partial charge in [0.1, 0.15) is 5.01 Å². The lowest BCUT2D eigenvalue weighted by Gasteiger charge is -2.38. The number of carbonyl (C=O) groups is 2. The van der Waals surface area contributed by atoms with Crippen LogP contribution in [0.1, 0.15) is 40.9 Å². The number of hydrogen-bond donors (Lipinski definition) is 2. The number of rotatable bonds is 7. The molecule has 168 valence electrons.